The summed E-state index contributed by atoms with van der Waals surface area (Å²) in [5.74, 6) is 0. The first-order valence-electron chi connectivity index (χ1n) is 12.9. The van der Waals surface area contributed by atoms with Crippen molar-refractivity contribution in [3.05, 3.63) is 40.7 Å². The van der Waals surface area contributed by atoms with Crippen LogP contribution in [0.4, 0.5) is 16.2 Å². The second kappa shape index (κ2) is 12.0. The molecule has 1 fully saturated rings. The number of aryl methyl sites for hydroxylation is 2. The Morgan fingerprint density at radius 3 is 2.41 bits per heavy atom. The minimum absolute atomic E-state index is 0. The van der Waals surface area contributed by atoms with Gasteiger partial charge in [0, 0.05) is 54.6 Å². The number of aromatic nitrogens is 2. The Hall–Kier alpha value is -1.63. The Labute approximate surface area is 241 Å². The molecule has 1 radical (unpaired) electrons. The molecule has 0 unspecified atom stereocenters. The van der Waals surface area contributed by atoms with Crippen molar-refractivity contribution in [2.45, 2.75) is 64.0 Å². The molecule has 2 aliphatic carbocycles. The number of nitrogens with zero attached hydrogens (tertiary/aromatic N) is 4. The third kappa shape index (κ3) is 6.17. The van der Waals surface area contributed by atoms with Crippen LogP contribution in [-0.2, 0) is 47.2 Å². The minimum Gasteiger partial charge on any atom is -0.383 e. The fourth-order valence-corrected chi connectivity index (χ4v) is 7.18. The minimum atomic E-state index is -4.18. The number of hydrogen-bond donors (Lipinski definition) is 2. The van der Waals surface area contributed by atoms with E-state index < -0.39 is 16.2 Å². The topological polar surface area (TPSA) is 109 Å². The van der Waals surface area contributed by atoms with Gasteiger partial charge >= 0.3 is 16.2 Å². The summed E-state index contributed by atoms with van der Waals surface area (Å²) in [6.45, 7) is 2.54. The molecule has 2 N–H and O–H groups in total. The van der Waals surface area contributed by atoms with Crippen molar-refractivity contribution in [2.24, 2.45) is 0 Å². The number of urea groups is 1. The van der Waals surface area contributed by atoms with Crippen molar-refractivity contribution in [3.8, 4) is 0 Å². The van der Waals surface area contributed by atoms with Gasteiger partial charge in [-0.05, 0) is 93.8 Å². The molecule has 197 valence electrons. The van der Waals surface area contributed by atoms with Crippen molar-refractivity contribution < 1.29 is 17.9 Å². The molecule has 2 aromatic rings. The molecule has 37 heavy (non-hydrogen) atoms. The number of piperidine rings is 1. The van der Waals surface area contributed by atoms with Crippen molar-refractivity contribution >= 4 is 57.2 Å². The smallest absolute Gasteiger partial charge is 0.334 e. The van der Waals surface area contributed by atoms with Gasteiger partial charge in [0.25, 0.3) is 0 Å². The van der Waals surface area contributed by atoms with Crippen LogP contribution in [0.5, 0.6) is 0 Å². The van der Waals surface area contributed by atoms with Gasteiger partial charge in [0.2, 0.25) is 0 Å². The van der Waals surface area contributed by atoms with E-state index in [-0.39, 0.29) is 35.6 Å². The number of ether oxygens (including phenoxy) is 1. The van der Waals surface area contributed by atoms with Crippen LogP contribution in [0.1, 0.15) is 47.9 Å². The molecular formula is C25H36N6NaO4S. The van der Waals surface area contributed by atoms with Crippen LogP contribution in [0.25, 0.3) is 0 Å². The number of rotatable bonds is 8. The van der Waals surface area contributed by atoms with Crippen molar-refractivity contribution in [1.82, 2.24) is 19.4 Å². The number of anilines is 2. The summed E-state index contributed by atoms with van der Waals surface area (Å²) < 4.78 is 37.8. The molecule has 1 saturated heterocycles. The summed E-state index contributed by atoms with van der Waals surface area (Å²) in [5.41, 5.74) is 6.16. The summed E-state index contributed by atoms with van der Waals surface area (Å²) in [7, 11) is -0.540. The first kappa shape index (κ1) is 28.4. The number of carbonyl (C=O) groups is 1. The zero-order valence-electron chi connectivity index (χ0n) is 22.1. The maximum Gasteiger partial charge on any atom is 0.334 e. The monoisotopic (exact) mass is 539 g/mol. The molecular weight excluding hydrogens is 503 g/mol. The van der Waals surface area contributed by atoms with Gasteiger partial charge in [-0.3, -0.25) is 4.68 Å². The zero-order valence-corrected chi connectivity index (χ0v) is 24.9. The van der Waals surface area contributed by atoms with Crippen molar-refractivity contribution in [2.75, 3.05) is 43.5 Å². The average molecular weight is 540 g/mol. The molecule has 2 heterocycles. The molecule has 1 aromatic carbocycles. The molecule has 0 bridgehead atoms. The Bertz CT molecular complexity index is 1190. The largest absolute Gasteiger partial charge is 0.383 e. The van der Waals surface area contributed by atoms with Crippen LogP contribution < -0.4 is 14.3 Å². The molecule has 2 amide bonds. The van der Waals surface area contributed by atoms with Gasteiger partial charge in [-0.2, -0.15) is 13.5 Å². The van der Waals surface area contributed by atoms with E-state index in [1.54, 1.807) is 24.2 Å². The number of benzene rings is 1. The maximum atomic E-state index is 13.7. The van der Waals surface area contributed by atoms with Gasteiger partial charge in [-0.1, -0.05) is 6.07 Å². The van der Waals surface area contributed by atoms with Crippen molar-refractivity contribution in [3.63, 3.8) is 0 Å². The zero-order chi connectivity index (χ0) is 25.3. The number of likely N-dealkylation sites (tertiary alicyclic amines) is 1. The van der Waals surface area contributed by atoms with E-state index in [1.807, 2.05) is 7.05 Å². The average Bonchev–Trinajstić information content (AvgIpc) is 3.59. The standard InChI is InChI=1S/C25H36N6O4S.Na/c1-29-11-9-20(10-12-29)31(21-16-26-30(17-21)13-14-35-2)36(33,34)28-25(32)27-24-22-7-3-5-18(22)15-19-6-4-8-23(19)24;/h15-17,20H,3-14H2,1-2H3,(H2,27,28,32);. The van der Waals surface area contributed by atoms with Crippen LogP contribution in [0.15, 0.2) is 18.5 Å². The van der Waals surface area contributed by atoms with E-state index in [0.717, 1.165) is 68.4 Å². The molecule has 1 aromatic heterocycles. The Kier molecular flexibility index (Phi) is 9.24. The quantitative estimate of drug-likeness (QED) is 0.498. The van der Waals surface area contributed by atoms with Crippen LogP contribution in [0.3, 0.4) is 0 Å². The molecule has 1 aliphatic heterocycles. The SMILES string of the molecule is COCCn1cc(N(C2CCN(C)CC2)S(=O)(=O)NC(=O)Nc2c3c(cc4c2CCC4)CCC3)cn1.[Na]. The first-order chi connectivity index (χ1) is 17.4. The van der Waals surface area contributed by atoms with Gasteiger partial charge in [-0.15, -0.1) is 0 Å². The van der Waals surface area contributed by atoms with Gasteiger partial charge in [0.05, 0.1) is 25.0 Å². The van der Waals surface area contributed by atoms with Crippen LogP contribution in [0.2, 0.25) is 0 Å². The fraction of sp³-hybridized carbons (Fsp3) is 0.600. The summed E-state index contributed by atoms with van der Waals surface area (Å²) in [6, 6.07) is 1.30. The van der Waals surface area contributed by atoms with Crippen LogP contribution in [-0.4, -0.2) is 98.6 Å². The Balaban J connectivity index is 0.00000320. The van der Waals surface area contributed by atoms with Gasteiger partial charge in [0.1, 0.15) is 0 Å². The fourth-order valence-electron chi connectivity index (χ4n) is 5.82. The first-order valence-corrected chi connectivity index (χ1v) is 14.3. The molecule has 12 heteroatoms. The molecule has 3 aliphatic rings. The van der Waals surface area contributed by atoms with Crippen molar-refractivity contribution in [1.29, 1.82) is 0 Å². The van der Waals surface area contributed by atoms with Gasteiger partial charge in [0.15, 0.2) is 0 Å². The summed E-state index contributed by atoms with van der Waals surface area (Å²) in [4.78, 5) is 15.4. The third-order valence-electron chi connectivity index (χ3n) is 7.61. The second-order valence-electron chi connectivity index (χ2n) is 10.1. The second-order valence-corrected chi connectivity index (χ2v) is 11.6. The van der Waals surface area contributed by atoms with E-state index in [4.69, 9.17) is 4.74 Å². The maximum absolute atomic E-state index is 13.7. The number of hydrogen-bond acceptors (Lipinski definition) is 6. The van der Waals surface area contributed by atoms with E-state index in [1.165, 1.54) is 15.4 Å². The summed E-state index contributed by atoms with van der Waals surface area (Å²) in [6.07, 6.45) is 10.5. The molecule has 0 spiro atoms. The van der Waals surface area contributed by atoms with Gasteiger partial charge in [-0.25, -0.2) is 13.8 Å². The molecule has 0 atom stereocenters. The van der Waals surface area contributed by atoms with Gasteiger partial charge < -0.3 is 15.0 Å². The Morgan fingerprint density at radius 2 is 1.78 bits per heavy atom. The van der Waals surface area contributed by atoms with E-state index >= 15 is 0 Å². The predicted octanol–water partition coefficient (Wildman–Crippen LogP) is 2.09. The molecule has 5 rings (SSSR count). The number of fused-ring (bicyclic) bond motifs is 2. The number of methoxy groups -OCH3 is 1. The normalized spacial score (nSPS) is 17.7. The van der Waals surface area contributed by atoms with Crippen LogP contribution >= 0.6 is 0 Å². The summed E-state index contributed by atoms with van der Waals surface area (Å²) >= 11 is 0. The number of carbonyl (C=O) groups excluding carboxylic acids is 1. The number of nitrogens with one attached hydrogen (secondary N) is 2. The van der Waals surface area contributed by atoms with Crippen LogP contribution in [0, 0.1) is 0 Å². The summed E-state index contributed by atoms with van der Waals surface area (Å²) in [5, 5.41) is 7.26. The Morgan fingerprint density at radius 1 is 1.14 bits per heavy atom. The third-order valence-corrected chi connectivity index (χ3v) is 9.08. The van der Waals surface area contributed by atoms with E-state index in [9.17, 15) is 13.2 Å². The van der Waals surface area contributed by atoms with E-state index in [0.29, 0.717) is 31.7 Å². The molecule has 0 saturated carbocycles. The number of amides is 2. The predicted molar refractivity (Wildman–Crippen MR) is 144 cm³/mol. The van der Waals surface area contributed by atoms with E-state index in [2.05, 4.69) is 26.1 Å². The molecule has 10 nitrogen and oxygen atoms in total.